The van der Waals surface area contributed by atoms with Gasteiger partial charge in [-0.15, -0.1) is 0 Å². The van der Waals surface area contributed by atoms with E-state index in [2.05, 4.69) is 22.6 Å². The lowest BCUT2D eigenvalue weighted by molar-refractivity contribution is 0.136. The number of benzene rings is 1. The topological polar surface area (TPSA) is 29.5 Å². The minimum absolute atomic E-state index is 0.449. The molecule has 0 aromatic heterocycles. The number of aliphatic hydroxyl groups is 1. The maximum atomic E-state index is 9.85. The van der Waals surface area contributed by atoms with Crippen molar-refractivity contribution >= 4 is 34.2 Å². The van der Waals surface area contributed by atoms with E-state index in [1.807, 2.05) is 18.2 Å². The summed E-state index contributed by atoms with van der Waals surface area (Å²) in [5.74, 6) is 0. The highest BCUT2D eigenvalue weighted by atomic mass is 127. The Morgan fingerprint density at radius 3 is 2.87 bits per heavy atom. The maximum absolute atomic E-state index is 9.85. The van der Waals surface area contributed by atoms with Gasteiger partial charge in [0.25, 0.3) is 0 Å². The molecule has 1 aromatic carbocycles. The molecule has 0 aliphatic heterocycles. The van der Waals surface area contributed by atoms with Gasteiger partial charge in [0.1, 0.15) is 0 Å². The molecule has 0 saturated carbocycles. The van der Waals surface area contributed by atoms with Gasteiger partial charge in [-0.05, 0) is 53.1 Å². The molecule has 2 nitrogen and oxygen atoms in total. The van der Waals surface area contributed by atoms with Crippen molar-refractivity contribution in [3.63, 3.8) is 0 Å². The van der Waals surface area contributed by atoms with Crippen LogP contribution in [0.3, 0.4) is 0 Å². The summed E-state index contributed by atoms with van der Waals surface area (Å²) in [4.78, 5) is 0. The van der Waals surface area contributed by atoms with Crippen LogP contribution in [0.15, 0.2) is 18.2 Å². The summed E-state index contributed by atoms with van der Waals surface area (Å²) in [6.45, 7) is 0.676. The molecule has 0 amide bonds. The van der Waals surface area contributed by atoms with Crippen LogP contribution in [-0.2, 0) is 4.74 Å². The minimum Gasteiger partial charge on any atom is -0.388 e. The lowest BCUT2D eigenvalue weighted by Crippen LogP contribution is -2.00. The molecule has 0 bridgehead atoms. The van der Waals surface area contributed by atoms with Crippen LogP contribution >= 0.6 is 34.2 Å². The molecule has 0 fully saturated rings. The van der Waals surface area contributed by atoms with E-state index in [0.29, 0.717) is 18.1 Å². The van der Waals surface area contributed by atoms with Crippen LogP contribution in [0.1, 0.15) is 24.5 Å². The third-order valence-corrected chi connectivity index (χ3v) is 3.73. The minimum atomic E-state index is -0.449. The van der Waals surface area contributed by atoms with E-state index in [1.165, 1.54) is 0 Å². The molecule has 0 radical (unpaired) electrons. The van der Waals surface area contributed by atoms with Crippen LogP contribution in [0.2, 0.25) is 5.02 Å². The molecule has 1 unspecified atom stereocenters. The van der Waals surface area contributed by atoms with E-state index in [9.17, 15) is 5.11 Å². The Morgan fingerprint density at radius 1 is 1.53 bits per heavy atom. The fraction of sp³-hybridized carbons (Fsp3) is 0.455. The Balaban J connectivity index is 2.57. The molecule has 0 saturated heterocycles. The van der Waals surface area contributed by atoms with Gasteiger partial charge in [-0.3, -0.25) is 0 Å². The van der Waals surface area contributed by atoms with Crippen molar-refractivity contribution in [2.24, 2.45) is 0 Å². The van der Waals surface area contributed by atoms with Crippen LogP contribution in [0, 0.1) is 3.57 Å². The first-order valence-corrected chi connectivity index (χ1v) is 6.22. The highest BCUT2D eigenvalue weighted by Gasteiger charge is 2.08. The molecule has 1 rings (SSSR count). The van der Waals surface area contributed by atoms with Crippen molar-refractivity contribution in [1.29, 1.82) is 0 Å². The maximum Gasteiger partial charge on any atom is 0.0791 e. The second kappa shape index (κ2) is 6.68. The van der Waals surface area contributed by atoms with Gasteiger partial charge in [-0.1, -0.05) is 17.7 Å². The van der Waals surface area contributed by atoms with Gasteiger partial charge in [0, 0.05) is 17.3 Å². The molecule has 4 heteroatoms. The van der Waals surface area contributed by atoms with Crippen molar-refractivity contribution in [1.82, 2.24) is 0 Å². The Kier molecular flexibility index (Phi) is 5.89. The summed E-state index contributed by atoms with van der Waals surface area (Å²) in [5, 5.41) is 10.5. The standard InChI is InChI=1S/C11H14ClIO2/c1-15-6-2-3-11(14)8-4-5-10(13)9(12)7-8/h4-5,7,11,14H,2-3,6H2,1H3. The first-order chi connectivity index (χ1) is 7.15. The largest absolute Gasteiger partial charge is 0.388 e. The van der Waals surface area contributed by atoms with Crippen molar-refractivity contribution in [3.8, 4) is 0 Å². The third-order valence-electron chi connectivity index (χ3n) is 2.15. The molecule has 15 heavy (non-hydrogen) atoms. The number of rotatable bonds is 5. The average Bonchev–Trinajstić information content (AvgIpc) is 2.22. The van der Waals surface area contributed by atoms with Crippen LogP contribution in [-0.4, -0.2) is 18.8 Å². The smallest absolute Gasteiger partial charge is 0.0791 e. The number of hydrogen-bond acceptors (Lipinski definition) is 2. The molecule has 0 heterocycles. The number of aliphatic hydroxyl groups excluding tert-OH is 1. The SMILES string of the molecule is COCCCC(O)c1ccc(I)c(Cl)c1. The fourth-order valence-electron chi connectivity index (χ4n) is 1.31. The van der Waals surface area contributed by atoms with Gasteiger partial charge in [0.05, 0.1) is 11.1 Å². The normalized spacial score (nSPS) is 12.8. The number of hydrogen-bond donors (Lipinski definition) is 1. The summed E-state index contributed by atoms with van der Waals surface area (Å²) in [5.41, 5.74) is 0.872. The van der Waals surface area contributed by atoms with Crippen molar-refractivity contribution in [2.75, 3.05) is 13.7 Å². The molecule has 1 atom stereocenters. The summed E-state index contributed by atoms with van der Waals surface area (Å²) < 4.78 is 5.93. The second-order valence-corrected chi connectivity index (χ2v) is 4.89. The van der Waals surface area contributed by atoms with Crippen LogP contribution in [0.25, 0.3) is 0 Å². The Labute approximate surface area is 109 Å². The Bertz CT molecular complexity index is 317. The van der Waals surface area contributed by atoms with Gasteiger partial charge in [0.15, 0.2) is 0 Å². The van der Waals surface area contributed by atoms with Crippen LogP contribution in [0.4, 0.5) is 0 Å². The molecule has 0 aliphatic carbocycles. The zero-order chi connectivity index (χ0) is 11.3. The second-order valence-electron chi connectivity index (χ2n) is 3.32. The summed E-state index contributed by atoms with van der Waals surface area (Å²) in [6, 6.07) is 5.64. The first-order valence-electron chi connectivity index (χ1n) is 4.77. The number of methoxy groups -OCH3 is 1. The summed E-state index contributed by atoms with van der Waals surface area (Å²) in [6.07, 6.45) is 1.10. The summed E-state index contributed by atoms with van der Waals surface area (Å²) >= 11 is 8.14. The number of ether oxygens (including phenoxy) is 1. The van der Waals surface area contributed by atoms with E-state index in [4.69, 9.17) is 16.3 Å². The van der Waals surface area contributed by atoms with E-state index >= 15 is 0 Å². The van der Waals surface area contributed by atoms with Crippen LogP contribution in [0.5, 0.6) is 0 Å². The van der Waals surface area contributed by atoms with Gasteiger partial charge in [-0.25, -0.2) is 0 Å². The van der Waals surface area contributed by atoms with Crippen LogP contribution < -0.4 is 0 Å². The molecular formula is C11H14ClIO2. The number of halogens is 2. The van der Waals surface area contributed by atoms with E-state index < -0.39 is 6.10 Å². The van der Waals surface area contributed by atoms with Crippen molar-refractivity contribution < 1.29 is 9.84 Å². The molecule has 84 valence electrons. The molecular weight excluding hydrogens is 326 g/mol. The van der Waals surface area contributed by atoms with Crippen molar-refractivity contribution in [2.45, 2.75) is 18.9 Å². The van der Waals surface area contributed by atoms with E-state index in [1.54, 1.807) is 7.11 Å². The quantitative estimate of drug-likeness (QED) is 0.657. The third kappa shape index (κ3) is 4.26. The molecule has 0 spiro atoms. The highest BCUT2D eigenvalue weighted by Crippen LogP contribution is 2.25. The molecule has 1 aromatic rings. The van der Waals surface area contributed by atoms with Gasteiger partial charge >= 0.3 is 0 Å². The Hall–Kier alpha value is 0.160. The molecule has 1 N–H and O–H groups in total. The van der Waals surface area contributed by atoms with Gasteiger partial charge in [-0.2, -0.15) is 0 Å². The van der Waals surface area contributed by atoms with Gasteiger partial charge in [0.2, 0.25) is 0 Å². The van der Waals surface area contributed by atoms with Crippen molar-refractivity contribution in [3.05, 3.63) is 32.4 Å². The first kappa shape index (κ1) is 13.2. The lowest BCUT2D eigenvalue weighted by Gasteiger charge is -2.11. The fourth-order valence-corrected chi connectivity index (χ4v) is 1.83. The predicted molar refractivity (Wildman–Crippen MR) is 70.2 cm³/mol. The Morgan fingerprint density at radius 2 is 2.27 bits per heavy atom. The lowest BCUT2D eigenvalue weighted by atomic mass is 10.1. The zero-order valence-corrected chi connectivity index (χ0v) is 11.5. The summed E-state index contributed by atoms with van der Waals surface area (Å²) in [7, 11) is 1.66. The highest BCUT2D eigenvalue weighted by molar-refractivity contribution is 14.1. The monoisotopic (exact) mass is 340 g/mol. The predicted octanol–water partition coefficient (Wildman–Crippen LogP) is 3.40. The molecule has 0 aliphatic rings. The van der Waals surface area contributed by atoms with E-state index in [0.717, 1.165) is 15.6 Å². The van der Waals surface area contributed by atoms with E-state index in [-0.39, 0.29) is 0 Å². The van der Waals surface area contributed by atoms with Gasteiger partial charge < -0.3 is 9.84 Å². The zero-order valence-electron chi connectivity index (χ0n) is 8.54. The average molecular weight is 341 g/mol.